The summed E-state index contributed by atoms with van der Waals surface area (Å²) < 4.78 is 29.4. The maximum Gasteiger partial charge on any atom is 0.264 e. The summed E-state index contributed by atoms with van der Waals surface area (Å²) in [5, 5.41) is 3.42. The van der Waals surface area contributed by atoms with Crippen LogP contribution in [0.3, 0.4) is 0 Å². The molecule has 0 aliphatic rings. The van der Waals surface area contributed by atoms with Gasteiger partial charge in [-0.25, -0.2) is 8.42 Å². The van der Waals surface area contributed by atoms with Crippen molar-refractivity contribution in [3.63, 3.8) is 0 Å². The van der Waals surface area contributed by atoms with Crippen molar-refractivity contribution in [2.24, 2.45) is 0 Å². The van der Waals surface area contributed by atoms with Crippen LogP contribution >= 0.6 is 11.6 Å². The van der Waals surface area contributed by atoms with Crippen LogP contribution in [-0.2, 0) is 32.6 Å². The van der Waals surface area contributed by atoms with Gasteiger partial charge in [0.25, 0.3) is 10.0 Å². The van der Waals surface area contributed by atoms with Crippen molar-refractivity contribution < 1.29 is 18.0 Å². The summed E-state index contributed by atoms with van der Waals surface area (Å²) in [6.07, 6.45) is 0.968. The molecule has 0 aromatic heterocycles. The molecule has 236 valence electrons. The van der Waals surface area contributed by atoms with E-state index in [2.05, 4.69) is 5.32 Å². The Hall–Kier alpha value is -4.14. The molecule has 0 fully saturated rings. The van der Waals surface area contributed by atoms with Crippen LogP contribution in [0.4, 0.5) is 5.69 Å². The number of anilines is 1. The van der Waals surface area contributed by atoms with Gasteiger partial charge in [-0.2, -0.15) is 0 Å². The highest BCUT2D eigenvalue weighted by Crippen LogP contribution is 2.29. The largest absolute Gasteiger partial charge is 0.352 e. The van der Waals surface area contributed by atoms with E-state index < -0.39 is 28.5 Å². The lowest BCUT2D eigenvalue weighted by Crippen LogP contribution is -2.54. The minimum Gasteiger partial charge on any atom is -0.352 e. The summed E-state index contributed by atoms with van der Waals surface area (Å²) in [7, 11) is -4.20. The molecule has 9 heteroatoms. The molecule has 0 unspecified atom stereocenters. The number of carbonyl (C=O) groups excluding carboxylic acids is 2. The summed E-state index contributed by atoms with van der Waals surface area (Å²) in [5.74, 6) is -0.824. The molecule has 1 N–H and O–H groups in total. The van der Waals surface area contributed by atoms with Crippen molar-refractivity contribution in [2.75, 3.05) is 10.8 Å². The predicted octanol–water partition coefficient (Wildman–Crippen LogP) is 6.71. The lowest BCUT2D eigenvalue weighted by molar-refractivity contribution is -0.140. The number of amides is 2. The number of nitrogens with zero attached hydrogens (tertiary/aromatic N) is 2. The molecular formula is C36H40ClN3O4S. The summed E-state index contributed by atoms with van der Waals surface area (Å²) in [5.41, 5.74) is 3.62. The first-order chi connectivity index (χ1) is 21.5. The topological polar surface area (TPSA) is 86.8 Å². The van der Waals surface area contributed by atoms with E-state index in [4.69, 9.17) is 11.6 Å². The van der Waals surface area contributed by atoms with E-state index in [-0.39, 0.29) is 35.5 Å². The molecule has 0 heterocycles. The lowest BCUT2D eigenvalue weighted by Gasteiger charge is -2.34. The molecule has 0 spiro atoms. The van der Waals surface area contributed by atoms with E-state index >= 15 is 0 Å². The highest BCUT2D eigenvalue weighted by atomic mass is 35.5. The molecule has 4 rings (SSSR count). The number of hydrogen-bond acceptors (Lipinski definition) is 4. The number of hydrogen-bond donors (Lipinski definition) is 1. The quantitative estimate of drug-likeness (QED) is 0.175. The average molecular weight is 646 g/mol. The number of nitrogens with one attached hydrogen (secondary N) is 1. The van der Waals surface area contributed by atoms with E-state index in [1.165, 1.54) is 17.0 Å². The molecular weight excluding hydrogens is 606 g/mol. The van der Waals surface area contributed by atoms with Gasteiger partial charge < -0.3 is 10.2 Å². The van der Waals surface area contributed by atoms with E-state index in [0.29, 0.717) is 11.4 Å². The van der Waals surface area contributed by atoms with Gasteiger partial charge in [0.2, 0.25) is 11.8 Å². The van der Waals surface area contributed by atoms with Crippen LogP contribution in [0.25, 0.3) is 0 Å². The number of benzene rings is 4. The highest BCUT2D eigenvalue weighted by Gasteiger charge is 2.35. The SMILES string of the molecule is CC[C@@H](C)NC(=O)[C@H](Cc1ccccc1)N(Cc1ccccc1)C(=O)CN(c1ccc(C)c(Cl)c1)S(=O)(=O)c1ccc(C)cc1. The normalized spacial score (nSPS) is 12.6. The summed E-state index contributed by atoms with van der Waals surface area (Å²) in [4.78, 5) is 29.9. The zero-order chi connectivity index (χ0) is 32.6. The number of carbonyl (C=O) groups is 2. The Bertz CT molecular complexity index is 1700. The Morgan fingerprint density at radius 3 is 2.02 bits per heavy atom. The van der Waals surface area contributed by atoms with Gasteiger partial charge in [0.05, 0.1) is 10.6 Å². The summed E-state index contributed by atoms with van der Waals surface area (Å²) in [6, 6.07) is 29.2. The van der Waals surface area contributed by atoms with Gasteiger partial charge in [0.15, 0.2) is 0 Å². The molecule has 0 saturated heterocycles. The fraction of sp³-hybridized carbons (Fsp3) is 0.278. The number of rotatable bonds is 13. The van der Waals surface area contributed by atoms with Gasteiger partial charge in [-0.15, -0.1) is 0 Å². The van der Waals surface area contributed by atoms with E-state index in [0.717, 1.165) is 26.6 Å². The Balaban J connectivity index is 1.81. The zero-order valence-corrected chi connectivity index (χ0v) is 27.7. The number of aryl methyl sites for hydroxylation is 2. The van der Waals surface area contributed by atoms with Gasteiger partial charge >= 0.3 is 0 Å². The highest BCUT2D eigenvalue weighted by molar-refractivity contribution is 7.92. The molecule has 45 heavy (non-hydrogen) atoms. The van der Waals surface area contributed by atoms with Crippen LogP contribution in [0.2, 0.25) is 5.02 Å². The second-order valence-electron chi connectivity index (χ2n) is 11.3. The summed E-state index contributed by atoms with van der Waals surface area (Å²) >= 11 is 6.46. The van der Waals surface area contributed by atoms with E-state index in [9.17, 15) is 18.0 Å². The van der Waals surface area contributed by atoms with Crippen molar-refractivity contribution in [1.82, 2.24) is 10.2 Å². The first-order valence-corrected chi connectivity index (χ1v) is 16.8. The Morgan fingerprint density at radius 2 is 1.44 bits per heavy atom. The Morgan fingerprint density at radius 1 is 0.844 bits per heavy atom. The minimum absolute atomic E-state index is 0.0440. The van der Waals surface area contributed by atoms with Gasteiger partial charge in [0.1, 0.15) is 12.6 Å². The maximum absolute atomic E-state index is 14.5. The Labute approximate surface area is 271 Å². The molecule has 4 aromatic carbocycles. The standard InChI is InChI=1S/C36H40ClN3O4S/c1-5-28(4)38-36(42)34(22-29-12-8-6-9-13-29)39(24-30-14-10-7-11-15-30)35(41)25-40(31-19-18-27(3)33(37)23-31)45(43,44)32-20-16-26(2)17-21-32/h6-21,23,28,34H,5,22,24-25H2,1-4H3,(H,38,42)/t28-,34+/m1/s1. The average Bonchev–Trinajstić information content (AvgIpc) is 3.03. The minimum atomic E-state index is -4.20. The first-order valence-electron chi connectivity index (χ1n) is 15.0. The fourth-order valence-electron chi connectivity index (χ4n) is 4.88. The predicted molar refractivity (Wildman–Crippen MR) is 181 cm³/mol. The van der Waals surface area contributed by atoms with E-state index in [1.54, 1.807) is 30.3 Å². The number of sulfonamides is 1. The zero-order valence-electron chi connectivity index (χ0n) is 26.1. The van der Waals surface area contributed by atoms with Crippen LogP contribution in [-0.4, -0.2) is 43.8 Å². The third kappa shape index (κ3) is 8.74. The lowest BCUT2D eigenvalue weighted by atomic mass is 10.0. The molecule has 0 aliphatic carbocycles. The second kappa shape index (κ2) is 15.2. The van der Waals surface area contributed by atoms with Crippen molar-refractivity contribution in [3.05, 3.63) is 130 Å². The third-order valence-electron chi connectivity index (χ3n) is 7.80. The molecule has 0 bridgehead atoms. The van der Waals surface area contributed by atoms with E-state index in [1.807, 2.05) is 88.4 Å². The third-order valence-corrected chi connectivity index (χ3v) is 9.99. The van der Waals surface area contributed by atoms with Crippen LogP contribution in [0.5, 0.6) is 0 Å². The van der Waals surface area contributed by atoms with Crippen molar-refractivity contribution >= 4 is 39.1 Å². The maximum atomic E-state index is 14.5. The molecule has 2 amide bonds. The van der Waals surface area contributed by atoms with Crippen molar-refractivity contribution in [2.45, 2.75) is 64.1 Å². The van der Waals surface area contributed by atoms with Gasteiger partial charge in [-0.3, -0.25) is 13.9 Å². The molecule has 0 aliphatic heterocycles. The Kier molecular flexibility index (Phi) is 11.4. The second-order valence-corrected chi connectivity index (χ2v) is 13.6. The van der Waals surface area contributed by atoms with Crippen LogP contribution < -0.4 is 9.62 Å². The van der Waals surface area contributed by atoms with Crippen LogP contribution in [0.1, 0.15) is 42.5 Å². The molecule has 7 nitrogen and oxygen atoms in total. The van der Waals surface area contributed by atoms with Crippen molar-refractivity contribution in [1.29, 1.82) is 0 Å². The molecule has 2 atom stereocenters. The molecule has 4 aromatic rings. The van der Waals surface area contributed by atoms with Gasteiger partial charge in [-0.1, -0.05) is 103 Å². The van der Waals surface area contributed by atoms with Gasteiger partial charge in [0, 0.05) is 24.0 Å². The van der Waals surface area contributed by atoms with Crippen LogP contribution in [0.15, 0.2) is 108 Å². The summed E-state index contributed by atoms with van der Waals surface area (Å²) in [6.45, 7) is 7.16. The molecule has 0 saturated carbocycles. The monoisotopic (exact) mass is 645 g/mol. The fourth-order valence-corrected chi connectivity index (χ4v) is 6.46. The molecule has 0 radical (unpaired) electrons. The van der Waals surface area contributed by atoms with Crippen molar-refractivity contribution in [3.8, 4) is 0 Å². The first kappa shape index (κ1) is 33.7. The van der Waals surface area contributed by atoms with Gasteiger partial charge in [-0.05, 0) is 68.1 Å². The number of halogens is 1. The smallest absolute Gasteiger partial charge is 0.264 e. The van der Waals surface area contributed by atoms with Crippen LogP contribution in [0, 0.1) is 13.8 Å².